The number of carboxylic acids is 1. The molecule has 2 aliphatic rings. The number of likely N-dealkylation sites (tertiary alicyclic amines) is 1. The smallest absolute Gasteiger partial charge is 0.326 e. The molecular weight excluding hydrogens is 312 g/mol. The van der Waals surface area contributed by atoms with E-state index >= 15 is 0 Å². The first-order valence-corrected chi connectivity index (χ1v) is 8.84. The van der Waals surface area contributed by atoms with Crippen LogP contribution < -0.4 is 5.32 Å². The van der Waals surface area contributed by atoms with Gasteiger partial charge in [-0.1, -0.05) is 12.8 Å². The molecule has 1 saturated carbocycles. The minimum atomic E-state index is -0.941. The van der Waals surface area contributed by atoms with Crippen molar-refractivity contribution < 1.29 is 24.2 Å². The number of ether oxygens (including phenoxy) is 1. The van der Waals surface area contributed by atoms with E-state index in [1.165, 1.54) is 0 Å². The maximum absolute atomic E-state index is 12.9. The van der Waals surface area contributed by atoms with Crippen molar-refractivity contribution in [3.63, 3.8) is 0 Å². The molecule has 1 aliphatic heterocycles. The molecule has 7 nitrogen and oxygen atoms in total. The highest BCUT2D eigenvalue weighted by molar-refractivity contribution is 5.88. The van der Waals surface area contributed by atoms with Crippen LogP contribution in [0.25, 0.3) is 0 Å². The monoisotopic (exact) mass is 340 g/mol. The molecule has 136 valence electrons. The van der Waals surface area contributed by atoms with E-state index in [1.807, 2.05) is 0 Å². The Balaban J connectivity index is 2.07. The molecule has 1 aliphatic carbocycles. The molecule has 1 saturated heterocycles. The Morgan fingerprint density at radius 3 is 2.50 bits per heavy atom. The summed E-state index contributed by atoms with van der Waals surface area (Å²) >= 11 is 0. The molecule has 5 atom stereocenters. The maximum atomic E-state index is 12.9. The molecule has 2 fully saturated rings. The van der Waals surface area contributed by atoms with Gasteiger partial charge in [0.25, 0.3) is 0 Å². The van der Waals surface area contributed by atoms with E-state index in [9.17, 15) is 19.5 Å². The summed E-state index contributed by atoms with van der Waals surface area (Å²) in [6, 6.07) is -1.99. The highest BCUT2D eigenvalue weighted by atomic mass is 16.5. The highest BCUT2D eigenvalue weighted by Gasteiger charge is 2.48. The summed E-state index contributed by atoms with van der Waals surface area (Å²) in [5, 5.41) is 12.5. The van der Waals surface area contributed by atoms with Gasteiger partial charge in [-0.05, 0) is 46.0 Å². The lowest BCUT2D eigenvalue weighted by molar-refractivity contribution is -0.151. The average Bonchev–Trinajstić information content (AvgIpc) is 2.93. The molecule has 2 rings (SSSR count). The number of amides is 1. The molecule has 0 bridgehead atoms. The third-order valence-corrected chi connectivity index (χ3v) is 5.14. The Bertz CT molecular complexity index is 495. The van der Waals surface area contributed by atoms with Crippen LogP contribution in [0.1, 0.15) is 52.9 Å². The number of aliphatic carboxylic acids is 1. The standard InChI is InChI=1S/C17H28N2O5/c1-4-24-17(23)11(3)18-10(2)15(20)19-13-8-6-5-7-12(13)9-14(19)16(21)22/h10-14,18H,4-9H2,1-3H3,(H,21,22)/t10?,11-,12?,13?,14-/m0/s1. The van der Waals surface area contributed by atoms with Gasteiger partial charge < -0.3 is 14.7 Å². The Morgan fingerprint density at radius 2 is 1.88 bits per heavy atom. The molecule has 0 aromatic carbocycles. The van der Waals surface area contributed by atoms with Crippen LogP contribution in [-0.2, 0) is 19.1 Å². The molecule has 0 aromatic rings. The second-order valence-electron chi connectivity index (χ2n) is 6.81. The number of rotatable bonds is 6. The second-order valence-corrected chi connectivity index (χ2v) is 6.81. The molecule has 2 N–H and O–H groups in total. The molecule has 1 heterocycles. The predicted molar refractivity (Wildman–Crippen MR) is 87.3 cm³/mol. The molecular formula is C17H28N2O5. The summed E-state index contributed by atoms with van der Waals surface area (Å²) in [7, 11) is 0. The minimum absolute atomic E-state index is 0.00880. The average molecular weight is 340 g/mol. The normalized spacial score (nSPS) is 28.8. The van der Waals surface area contributed by atoms with Crippen LogP contribution in [0.3, 0.4) is 0 Å². The number of nitrogens with zero attached hydrogens (tertiary/aromatic N) is 1. The van der Waals surface area contributed by atoms with Gasteiger partial charge >= 0.3 is 11.9 Å². The number of nitrogens with one attached hydrogen (secondary N) is 1. The van der Waals surface area contributed by atoms with Crippen LogP contribution in [0.4, 0.5) is 0 Å². The van der Waals surface area contributed by atoms with Crippen molar-refractivity contribution in [2.75, 3.05) is 6.61 Å². The van der Waals surface area contributed by atoms with Crippen molar-refractivity contribution in [2.24, 2.45) is 5.92 Å². The van der Waals surface area contributed by atoms with Crippen LogP contribution in [0.15, 0.2) is 0 Å². The van der Waals surface area contributed by atoms with Crippen molar-refractivity contribution in [3.05, 3.63) is 0 Å². The summed E-state index contributed by atoms with van der Waals surface area (Å²) in [6.07, 6.45) is 4.51. The largest absolute Gasteiger partial charge is 0.480 e. The SMILES string of the molecule is CCOC(=O)[C@H](C)NC(C)C(=O)N1C2CCCCC2C[C@H]1C(=O)O. The molecule has 1 amide bonds. The predicted octanol–water partition coefficient (Wildman–Crippen LogP) is 1.16. The lowest BCUT2D eigenvalue weighted by atomic mass is 9.84. The Kier molecular flexibility index (Phi) is 6.21. The lowest BCUT2D eigenvalue weighted by Crippen LogP contribution is -2.55. The fourth-order valence-corrected chi connectivity index (χ4v) is 4.00. The first-order valence-electron chi connectivity index (χ1n) is 8.84. The van der Waals surface area contributed by atoms with Crippen LogP contribution in [-0.4, -0.2) is 58.6 Å². The number of hydrogen-bond donors (Lipinski definition) is 2. The van der Waals surface area contributed by atoms with E-state index in [0.29, 0.717) is 6.42 Å². The zero-order chi connectivity index (χ0) is 17.9. The van der Waals surface area contributed by atoms with Crippen molar-refractivity contribution >= 4 is 17.8 Å². The van der Waals surface area contributed by atoms with Gasteiger partial charge in [-0.25, -0.2) is 4.79 Å². The van der Waals surface area contributed by atoms with Gasteiger partial charge in [0.05, 0.1) is 12.6 Å². The summed E-state index contributed by atoms with van der Waals surface area (Å²) in [5.74, 6) is -1.32. The Morgan fingerprint density at radius 1 is 1.21 bits per heavy atom. The second kappa shape index (κ2) is 7.96. The fourth-order valence-electron chi connectivity index (χ4n) is 4.00. The van der Waals surface area contributed by atoms with E-state index in [1.54, 1.807) is 25.7 Å². The molecule has 0 radical (unpaired) electrons. The van der Waals surface area contributed by atoms with Crippen LogP contribution in [0.2, 0.25) is 0 Å². The van der Waals surface area contributed by atoms with Gasteiger partial charge in [0, 0.05) is 6.04 Å². The van der Waals surface area contributed by atoms with Crippen molar-refractivity contribution in [3.8, 4) is 0 Å². The van der Waals surface area contributed by atoms with Crippen LogP contribution >= 0.6 is 0 Å². The summed E-state index contributed by atoms with van der Waals surface area (Å²) < 4.78 is 4.93. The summed E-state index contributed by atoms with van der Waals surface area (Å²) in [5.41, 5.74) is 0. The zero-order valence-electron chi connectivity index (χ0n) is 14.7. The maximum Gasteiger partial charge on any atom is 0.326 e. The van der Waals surface area contributed by atoms with Gasteiger partial charge in [0.1, 0.15) is 12.1 Å². The first-order chi connectivity index (χ1) is 11.4. The van der Waals surface area contributed by atoms with Gasteiger partial charge in [0.15, 0.2) is 0 Å². The van der Waals surface area contributed by atoms with Crippen LogP contribution in [0.5, 0.6) is 0 Å². The Hall–Kier alpha value is -1.63. The van der Waals surface area contributed by atoms with E-state index in [0.717, 1.165) is 25.7 Å². The third kappa shape index (κ3) is 3.88. The van der Waals surface area contributed by atoms with Gasteiger partial charge in [0.2, 0.25) is 5.91 Å². The minimum Gasteiger partial charge on any atom is -0.480 e. The fraction of sp³-hybridized carbons (Fsp3) is 0.824. The number of fused-ring (bicyclic) bond motifs is 1. The first kappa shape index (κ1) is 18.7. The van der Waals surface area contributed by atoms with E-state index in [4.69, 9.17) is 4.74 Å². The van der Waals surface area contributed by atoms with Gasteiger partial charge in [-0.2, -0.15) is 0 Å². The number of esters is 1. The topological polar surface area (TPSA) is 95.9 Å². The van der Waals surface area contributed by atoms with Crippen molar-refractivity contribution in [2.45, 2.75) is 77.0 Å². The number of hydrogen-bond acceptors (Lipinski definition) is 5. The van der Waals surface area contributed by atoms with E-state index in [-0.39, 0.29) is 24.5 Å². The third-order valence-electron chi connectivity index (χ3n) is 5.14. The molecule has 0 spiro atoms. The molecule has 3 unspecified atom stereocenters. The Labute approximate surface area is 142 Å². The van der Waals surface area contributed by atoms with E-state index in [2.05, 4.69) is 5.32 Å². The molecule has 7 heteroatoms. The summed E-state index contributed by atoms with van der Waals surface area (Å²) in [4.78, 5) is 37.8. The van der Waals surface area contributed by atoms with Crippen molar-refractivity contribution in [1.82, 2.24) is 10.2 Å². The van der Waals surface area contributed by atoms with Crippen LogP contribution in [0, 0.1) is 5.92 Å². The van der Waals surface area contributed by atoms with Gasteiger partial charge in [-0.3, -0.25) is 14.9 Å². The number of carboxylic acid groups (broad SMARTS) is 1. The highest BCUT2D eigenvalue weighted by Crippen LogP contribution is 2.40. The van der Waals surface area contributed by atoms with Crippen molar-refractivity contribution in [1.29, 1.82) is 0 Å². The number of carbonyl (C=O) groups is 3. The zero-order valence-corrected chi connectivity index (χ0v) is 14.7. The summed E-state index contributed by atoms with van der Waals surface area (Å²) in [6.45, 7) is 5.32. The quantitative estimate of drug-likeness (QED) is 0.705. The van der Waals surface area contributed by atoms with E-state index < -0.39 is 30.1 Å². The van der Waals surface area contributed by atoms with Gasteiger partial charge in [-0.15, -0.1) is 0 Å². The number of carbonyl (C=O) groups excluding carboxylic acids is 2. The lowest BCUT2D eigenvalue weighted by Gasteiger charge is -2.35. The molecule has 24 heavy (non-hydrogen) atoms. The molecule has 0 aromatic heterocycles.